The molecule has 0 aliphatic rings. The van der Waals surface area contributed by atoms with Crippen molar-refractivity contribution in [1.82, 2.24) is 5.32 Å². The Morgan fingerprint density at radius 1 is 1.12 bits per heavy atom. The van der Waals surface area contributed by atoms with Gasteiger partial charge in [-0.3, -0.25) is 4.79 Å². The van der Waals surface area contributed by atoms with Crippen LogP contribution in [0.25, 0.3) is 0 Å². The van der Waals surface area contributed by atoms with E-state index in [9.17, 15) is 4.79 Å². The number of carbonyl (C=O) groups excluding carboxylic acids is 1. The molecule has 6 heteroatoms. The molecule has 0 aliphatic carbocycles. The number of halogens is 1. The Kier molecular flexibility index (Phi) is 6.32. The average molecular weight is 350 g/mol. The molecule has 0 aromatic heterocycles. The van der Waals surface area contributed by atoms with Crippen LogP contribution >= 0.6 is 11.6 Å². The van der Waals surface area contributed by atoms with Crippen LogP contribution in [0.1, 0.15) is 15.9 Å². The molecule has 128 valence electrons. The highest BCUT2D eigenvalue weighted by Crippen LogP contribution is 2.32. The third-order valence-corrected chi connectivity index (χ3v) is 3.68. The van der Waals surface area contributed by atoms with E-state index in [-0.39, 0.29) is 5.91 Å². The molecule has 0 saturated carbocycles. The van der Waals surface area contributed by atoms with Gasteiger partial charge in [0.25, 0.3) is 5.91 Å². The summed E-state index contributed by atoms with van der Waals surface area (Å²) in [6.07, 6.45) is 0. The number of rotatable bonds is 7. The van der Waals surface area contributed by atoms with E-state index in [1.165, 1.54) is 14.2 Å². The first-order valence-electron chi connectivity index (χ1n) is 7.44. The van der Waals surface area contributed by atoms with Gasteiger partial charge in [0, 0.05) is 6.07 Å². The number of aryl methyl sites for hydroxylation is 1. The van der Waals surface area contributed by atoms with Gasteiger partial charge in [0.05, 0.1) is 31.4 Å². The van der Waals surface area contributed by atoms with Gasteiger partial charge in [-0.05, 0) is 30.7 Å². The van der Waals surface area contributed by atoms with Crippen molar-refractivity contribution >= 4 is 17.5 Å². The lowest BCUT2D eigenvalue weighted by Gasteiger charge is -2.12. The fraction of sp³-hybridized carbons (Fsp3) is 0.278. The summed E-state index contributed by atoms with van der Waals surface area (Å²) in [5.41, 5.74) is 1.44. The summed E-state index contributed by atoms with van der Waals surface area (Å²) >= 11 is 6.13. The molecule has 24 heavy (non-hydrogen) atoms. The predicted octanol–water partition coefficient (Wildman–Crippen LogP) is 3.47. The minimum absolute atomic E-state index is 0.296. The number of hydrogen-bond acceptors (Lipinski definition) is 4. The molecule has 1 amide bonds. The maximum absolute atomic E-state index is 12.3. The second kappa shape index (κ2) is 8.45. The van der Waals surface area contributed by atoms with E-state index in [4.69, 9.17) is 25.8 Å². The number of ether oxygens (including phenoxy) is 3. The Labute approximate surface area is 146 Å². The summed E-state index contributed by atoms with van der Waals surface area (Å²) in [7, 11) is 3.01. The Hall–Kier alpha value is -2.40. The number of carbonyl (C=O) groups is 1. The summed E-state index contributed by atoms with van der Waals surface area (Å²) in [6, 6.07) is 10.8. The largest absolute Gasteiger partial charge is 0.493 e. The van der Waals surface area contributed by atoms with Crippen molar-refractivity contribution in [2.24, 2.45) is 0 Å². The predicted molar refractivity (Wildman–Crippen MR) is 93.6 cm³/mol. The minimum atomic E-state index is -0.297. The van der Waals surface area contributed by atoms with Crippen LogP contribution < -0.4 is 19.5 Å². The molecule has 1 N–H and O–H groups in total. The topological polar surface area (TPSA) is 56.8 Å². The van der Waals surface area contributed by atoms with Crippen molar-refractivity contribution in [2.75, 3.05) is 27.4 Å². The molecular formula is C18H20ClNO4. The third kappa shape index (κ3) is 4.55. The molecule has 2 rings (SSSR count). The van der Waals surface area contributed by atoms with Crippen molar-refractivity contribution < 1.29 is 19.0 Å². The maximum atomic E-state index is 12.3. The first-order valence-corrected chi connectivity index (χ1v) is 7.82. The van der Waals surface area contributed by atoms with Gasteiger partial charge in [0.15, 0.2) is 11.5 Å². The molecule has 0 saturated heterocycles. The summed E-state index contributed by atoms with van der Waals surface area (Å²) < 4.78 is 15.9. The van der Waals surface area contributed by atoms with Gasteiger partial charge in [-0.2, -0.15) is 0 Å². The lowest BCUT2D eigenvalue weighted by atomic mass is 10.2. The van der Waals surface area contributed by atoms with Crippen molar-refractivity contribution in [1.29, 1.82) is 0 Å². The van der Waals surface area contributed by atoms with Gasteiger partial charge in [0.1, 0.15) is 12.4 Å². The standard InChI is InChI=1S/C18H20ClNO4/c1-12-5-4-6-13(9-12)24-8-7-20-18(21)14-10-16(22-2)17(23-3)11-15(14)19/h4-6,9-11H,7-8H2,1-3H3,(H,20,21). The Morgan fingerprint density at radius 2 is 1.83 bits per heavy atom. The zero-order valence-electron chi connectivity index (χ0n) is 13.9. The van der Waals surface area contributed by atoms with Crippen LogP contribution in [0.15, 0.2) is 36.4 Å². The SMILES string of the molecule is COc1cc(Cl)c(C(=O)NCCOc2cccc(C)c2)cc1OC. The quantitative estimate of drug-likeness (QED) is 0.777. The van der Waals surface area contributed by atoms with Gasteiger partial charge in [-0.1, -0.05) is 23.7 Å². The van der Waals surface area contributed by atoms with Crippen LogP contribution in [0.5, 0.6) is 17.2 Å². The number of methoxy groups -OCH3 is 2. The van der Waals surface area contributed by atoms with Crippen molar-refractivity contribution in [3.8, 4) is 17.2 Å². The molecular weight excluding hydrogens is 330 g/mol. The number of nitrogens with one attached hydrogen (secondary N) is 1. The smallest absolute Gasteiger partial charge is 0.253 e. The first-order chi connectivity index (χ1) is 11.5. The van der Waals surface area contributed by atoms with Crippen molar-refractivity contribution in [2.45, 2.75) is 6.92 Å². The van der Waals surface area contributed by atoms with E-state index in [0.29, 0.717) is 35.2 Å². The second-order valence-corrected chi connectivity index (χ2v) is 5.52. The lowest BCUT2D eigenvalue weighted by Crippen LogP contribution is -2.28. The van der Waals surface area contributed by atoms with Gasteiger partial charge in [-0.25, -0.2) is 0 Å². The molecule has 2 aromatic rings. The van der Waals surface area contributed by atoms with Crippen molar-refractivity contribution in [3.63, 3.8) is 0 Å². The molecule has 0 radical (unpaired) electrons. The van der Waals surface area contributed by atoms with Crippen LogP contribution in [0.2, 0.25) is 5.02 Å². The average Bonchev–Trinajstić information content (AvgIpc) is 2.58. The van der Waals surface area contributed by atoms with Gasteiger partial charge in [-0.15, -0.1) is 0 Å². The molecule has 0 heterocycles. The minimum Gasteiger partial charge on any atom is -0.493 e. The molecule has 0 unspecified atom stereocenters. The lowest BCUT2D eigenvalue weighted by molar-refractivity contribution is 0.0946. The van der Waals surface area contributed by atoms with E-state index < -0.39 is 0 Å². The molecule has 0 spiro atoms. The maximum Gasteiger partial charge on any atom is 0.253 e. The van der Waals surface area contributed by atoms with Crippen LogP contribution in [-0.2, 0) is 0 Å². The molecule has 0 atom stereocenters. The molecule has 0 aliphatic heterocycles. The Morgan fingerprint density at radius 3 is 2.50 bits per heavy atom. The highest BCUT2D eigenvalue weighted by atomic mass is 35.5. The summed E-state index contributed by atoms with van der Waals surface area (Å²) in [5, 5.41) is 3.06. The molecule has 5 nitrogen and oxygen atoms in total. The number of benzene rings is 2. The fourth-order valence-electron chi connectivity index (χ4n) is 2.16. The monoisotopic (exact) mass is 349 g/mol. The van der Waals surface area contributed by atoms with Crippen LogP contribution in [0, 0.1) is 6.92 Å². The Balaban J connectivity index is 1.93. The van der Waals surface area contributed by atoms with Gasteiger partial charge >= 0.3 is 0 Å². The summed E-state index contributed by atoms with van der Waals surface area (Å²) in [6.45, 7) is 2.71. The van der Waals surface area contributed by atoms with E-state index >= 15 is 0 Å². The summed E-state index contributed by atoms with van der Waals surface area (Å²) in [4.78, 5) is 12.3. The normalized spacial score (nSPS) is 10.2. The first kappa shape index (κ1) is 17.9. The van der Waals surface area contributed by atoms with Crippen LogP contribution in [0.4, 0.5) is 0 Å². The fourth-order valence-corrected chi connectivity index (χ4v) is 2.40. The van der Waals surface area contributed by atoms with Gasteiger partial charge in [0.2, 0.25) is 0 Å². The summed E-state index contributed by atoms with van der Waals surface area (Å²) in [5.74, 6) is 1.40. The van der Waals surface area contributed by atoms with Crippen LogP contribution in [0.3, 0.4) is 0 Å². The zero-order valence-corrected chi connectivity index (χ0v) is 14.6. The zero-order chi connectivity index (χ0) is 17.5. The highest BCUT2D eigenvalue weighted by molar-refractivity contribution is 6.34. The molecule has 2 aromatic carbocycles. The Bertz CT molecular complexity index is 718. The third-order valence-electron chi connectivity index (χ3n) is 3.36. The highest BCUT2D eigenvalue weighted by Gasteiger charge is 2.15. The van der Waals surface area contributed by atoms with Gasteiger partial charge < -0.3 is 19.5 Å². The number of amides is 1. The van der Waals surface area contributed by atoms with E-state index in [2.05, 4.69) is 5.32 Å². The van der Waals surface area contributed by atoms with Crippen LogP contribution in [-0.4, -0.2) is 33.3 Å². The van der Waals surface area contributed by atoms with E-state index in [0.717, 1.165) is 11.3 Å². The van der Waals surface area contributed by atoms with Crippen molar-refractivity contribution in [3.05, 3.63) is 52.5 Å². The van der Waals surface area contributed by atoms with E-state index in [1.54, 1.807) is 12.1 Å². The van der Waals surface area contributed by atoms with E-state index in [1.807, 2.05) is 31.2 Å². The second-order valence-electron chi connectivity index (χ2n) is 5.11. The molecule has 0 bridgehead atoms. The number of hydrogen-bond donors (Lipinski definition) is 1. The molecule has 0 fully saturated rings.